The molecule has 0 aromatic carbocycles. The van der Waals surface area contributed by atoms with Gasteiger partial charge < -0.3 is 24.7 Å². The highest BCUT2D eigenvalue weighted by atomic mass is 31.2. The van der Waals surface area contributed by atoms with Crippen molar-refractivity contribution in [1.82, 2.24) is 4.90 Å². The average molecular weight is 263 g/mol. The monoisotopic (exact) mass is 263 g/mol. The summed E-state index contributed by atoms with van der Waals surface area (Å²) in [7, 11) is -8.81. The lowest BCUT2D eigenvalue weighted by molar-refractivity contribution is 0.154. The van der Waals surface area contributed by atoms with E-state index >= 15 is 0 Å². The number of hydrogen-bond donors (Lipinski definition) is 5. The molecule has 1 unspecified atom stereocenters. The van der Waals surface area contributed by atoms with Crippen LogP contribution in [0.15, 0.2) is 0 Å². The molecule has 0 aliphatic heterocycles. The van der Waals surface area contributed by atoms with Crippen LogP contribution in [-0.4, -0.2) is 54.8 Å². The molecule has 0 spiro atoms. The summed E-state index contributed by atoms with van der Waals surface area (Å²) in [5, 5.41) is 8.75. The Kier molecular flexibility index (Phi) is 5.60. The fourth-order valence-electron chi connectivity index (χ4n) is 0.912. The van der Waals surface area contributed by atoms with Gasteiger partial charge in [0.15, 0.2) is 0 Å². The van der Waals surface area contributed by atoms with Crippen LogP contribution >= 0.6 is 15.2 Å². The van der Waals surface area contributed by atoms with Gasteiger partial charge in [0.1, 0.15) is 12.6 Å². The maximum atomic E-state index is 10.7. The Hall–Kier alpha value is 0.220. The molecule has 10 heteroatoms. The second-order valence-corrected chi connectivity index (χ2v) is 6.46. The number of aliphatic hydroxyl groups is 1. The summed E-state index contributed by atoms with van der Waals surface area (Å²) in [4.78, 5) is 35.5. The molecule has 8 nitrogen and oxygen atoms in total. The Balaban J connectivity index is 4.60. The van der Waals surface area contributed by atoms with Crippen molar-refractivity contribution in [1.29, 1.82) is 0 Å². The third-order valence-electron chi connectivity index (χ3n) is 1.62. The maximum Gasteiger partial charge on any atom is 0.339 e. The SMILES string of the molecule is CC(CO)N(CP(=O)(O)O)CP(=O)(O)O. The van der Waals surface area contributed by atoms with E-state index in [9.17, 15) is 9.13 Å². The Labute approximate surface area is 86.9 Å². The molecule has 0 aliphatic rings. The maximum absolute atomic E-state index is 10.7. The first-order chi connectivity index (χ1) is 6.55. The zero-order valence-corrected chi connectivity index (χ0v) is 9.88. The van der Waals surface area contributed by atoms with Crippen LogP contribution < -0.4 is 0 Å². The van der Waals surface area contributed by atoms with Crippen molar-refractivity contribution in [3.63, 3.8) is 0 Å². The van der Waals surface area contributed by atoms with E-state index in [0.29, 0.717) is 0 Å². The molecule has 5 N–H and O–H groups in total. The third kappa shape index (κ3) is 8.07. The molecule has 0 aromatic rings. The summed E-state index contributed by atoms with van der Waals surface area (Å²) in [6.45, 7) is 0.964. The van der Waals surface area contributed by atoms with Gasteiger partial charge in [-0.15, -0.1) is 0 Å². The minimum atomic E-state index is -4.40. The smallest absolute Gasteiger partial charge is 0.339 e. The van der Waals surface area contributed by atoms with Crippen molar-refractivity contribution in [3.8, 4) is 0 Å². The van der Waals surface area contributed by atoms with Crippen LogP contribution in [0.1, 0.15) is 6.92 Å². The van der Waals surface area contributed by atoms with Gasteiger partial charge in [0, 0.05) is 6.04 Å². The van der Waals surface area contributed by atoms with E-state index in [2.05, 4.69) is 0 Å². The molecule has 0 radical (unpaired) electrons. The van der Waals surface area contributed by atoms with Gasteiger partial charge in [-0.25, -0.2) is 0 Å². The van der Waals surface area contributed by atoms with Crippen LogP contribution in [0.2, 0.25) is 0 Å². The van der Waals surface area contributed by atoms with Crippen LogP contribution in [0, 0.1) is 0 Å². The van der Waals surface area contributed by atoms with Crippen LogP contribution in [-0.2, 0) is 9.13 Å². The molecular weight excluding hydrogens is 248 g/mol. The first-order valence-electron chi connectivity index (χ1n) is 3.99. The van der Waals surface area contributed by atoms with Crippen molar-refractivity contribution in [2.24, 2.45) is 0 Å². The van der Waals surface area contributed by atoms with E-state index in [4.69, 9.17) is 24.7 Å². The Morgan fingerprint density at radius 2 is 1.40 bits per heavy atom. The van der Waals surface area contributed by atoms with Crippen molar-refractivity contribution >= 4 is 15.2 Å². The Morgan fingerprint density at radius 3 is 1.60 bits per heavy atom. The molecule has 0 amide bonds. The van der Waals surface area contributed by atoms with Gasteiger partial charge in [-0.05, 0) is 6.92 Å². The lowest BCUT2D eigenvalue weighted by atomic mass is 10.3. The highest BCUT2D eigenvalue weighted by Gasteiger charge is 2.28. The largest absolute Gasteiger partial charge is 0.395 e. The van der Waals surface area contributed by atoms with Crippen LogP contribution in [0.3, 0.4) is 0 Å². The van der Waals surface area contributed by atoms with E-state index in [0.717, 1.165) is 4.90 Å². The molecule has 0 saturated carbocycles. The average Bonchev–Trinajstić information content (AvgIpc) is 1.96. The van der Waals surface area contributed by atoms with E-state index in [1.807, 2.05) is 0 Å². The Morgan fingerprint density at radius 1 is 1.07 bits per heavy atom. The van der Waals surface area contributed by atoms with Gasteiger partial charge in [0.2, 0.25) is 0 Å². The van der Waals surface area contributed by atoms with Gasteiger partial charge in [0.25, 0.3) is 0 Å². The fraction of sp³-hybridized carbons (Fsp3) is 1.00. The van der Waals surface area contributed by atoms with E-state index < -0.39 is 40.4 Å². The van der Waals surface area contributed by atoms with Gasteiger partial charge in [-0.3, -0.25) is 14.0 Å². The zero-order valence-electron chi connectivity index (χ0n) is 8.09. The summed E-state index contributed by atoms with van der Waals surface area (Å²) in [6.07, 6.45) is -1.58. The molecule has 92 valence electrons. The minimum Gasteiger partial charge on any atom is -0.395 e. The second kappa shape index (κ2) is 5.52. The van der Waals surface area contributed by atoms with Crippen molar-refractivity contribution < 1.29 is 33.8 Å². The molecule has 15 heavy (non-hydrogen) atoms. The lowest BCUT2D eigenvalue weighted by Gasteiger charge is -2.27. The highest BCUT2D eigenvalue weighted by Crippen LogP contribution is 2.41. The lowest BCUT2D eigenvalue weighted by Crippen LogP contribution is -2.37. The normalized spacial score (nSPS) is 15.7. The molecule has 0 bridgehead atoms. The Bertz CT molecular complexity index is 259. The van der Waals surface area contributed by atoms with Crippen molar-refractivity contribution in [2.75, 3.05) is 19.2 Å². The first-order valence-corrected chi connectivity index (χ1v) is 7.59. The molecular formula is C5H15NO7P2. The van der Waals surface area contributed by atoms with Gasteiger partial charge in [-0.1, -0.05) is 0 Å². The van der Waals surface area contributed by atoms with Gasteiger partial charge in [0.05, 0.1) is 6.61 Å². The summed E-state index contributed by atoms with van der Waals surface area (Å²) >= 11 is 0. The number of nitrogens with zero attached hydrogens (tertiary/aromatic N) is 1. The van der Waals surface area contributed by atoms with Crippen LogP contribution in [0.5, 0.6) is 0 Å². The van der Waals surface area contributed by atoms with Gasteiger partial charge in [-0.2, -0.15) is 0 Å². The van der Waals surface area contributed by atoms with Crippen molar-refractivity contribution in [3.05, 3.63) is 0 Å². The van der Waals surface area contributed by atoms with E-state index in [-0.39, 0.29) is 0 Å². The number of aliphatic hydroxyl groups excluding tert-OH is 1. The minimum absolute atomic E-state index is 0.444. The number of hydrogen-bond acceptors (Lipinski definition) is 4. The summed E-state index contributed by atoms with van der Waals surface area (Å²) < 4.78 is 21.3. The molecule has 0 rings (SSSR count). The van der Waals surface area contributed by atoms with Crippen LogP contribution in [0.4, 0.5) is 0 Å². The first kappa shape index (κ1) is 15.2. The topological polar surface area (TPSA) is 139 Å². The molecule has 0 heterocycles. The molecule has 0 saturated heterocycles. The third-order valence-corrected chi connectivity index (χ3v) is 3.08. The molecule has 0 fully saturated rings. The summed E-state index contributed by atoms with van der Waals surface area (Å²) in [5.41, 5.74) is 0. The zero-order chi connectivity index (χ0) is 12.3. The predicted octanol–water partition coefficient (Wildman–Crippen LogP) is -1.06. The quantitative estimate of drug-likeness (QED) is 0.382. The number of rotatable bonds is 6. The fourth-order valence-corrected chi connectivity index (χ4v) is 2.77. The predicted molar refractivity (Wildman–Crippen MR) is 52.2 cm³/mol. The summed E-state index contributed by atoms with van der Waals surface area (Å²) in [5.74, 6) is 0. The molecule has 1 atom stereocenters. The van der Waals surface area contributed by atoms with Crippen molar-refractivity contribution in [2.45, 2.75) is 13.0 Å². The second-order valence-electron chi connectivity index (χ2n) is 3.23. The molecule has 0 aromatic heterocycles. The summed E-state index contributed by atoms with van der Waals surface area (Å²) in [6, 6.07) is -0.731. The van der Waals surface area contributed by atoms with Crippen LogP contribution in [0.25, 0.3) is 0 Å². The van der Waals surface area contributed by atoms with E-state index in [1.165, 1.54) is 6.92 Å². The molecule has 0 aliphatic carbocycles. The van der Waals surface area contributed by atoms with E-state index in [1.54, 1.807) is 0 Å². The van der Waals surface area contributed by atoms with Gasteiger partial charge >= 0.3 is 15.2 Å². The standard InChI is InChI=1S/C5H15NO7P2/c1-5(2-7)6(3-14(8,9)10)4-15(11,12)13/h5,7H,2-4H2,1H3,(H2,8,9,10)(H2,11,12,13). The highest BCUT2D eigenvalue weighted by molar-refractivity contribution is 7.52.